The van der Waals surface area contributed by atoms with Crippen LogP contribution < -0.4 is 10.1 Å². The maximum absolute atomic E-state index is 11.8. The minimum atomic E-state index is -0.514. The van der Waals surface area contributed by atoms with E-state index in [2.05, 4.69) is 27.9 Å². The van der Waals surface area contributed by atoms with E-state index in [9.17, 15) is 4.79 Å². The minimum absolute atomic E-state index is 0.459. The molecule has 0 saturated heterocycles. The molecule has 0 fully saturated rings. The van der Waals surface area contributed by atoms with Crippen LogP contribution in [0.5, 0.6) is 5.75 Å². The van der Waals surface area contributed by atoms with Crippen LogP contribution in [-0.4, -0.2) is 18.8 Å². The van der Waals surface area contributed by atoms with Gasteiger partial charge in [0.25, 0.3) is 0 Å². The van der Waals surface area contributed by atoms with E-state index in [-0.39, 0.29) is 0 Å². The molecule has 0 aliphatic rings. The smallest absolute Gasteiger partial charge is 0.412 e. The van der Waals surface area contributed by atoms with Crippen LogP contribution in [-0.2, 0) is 4.74 Å². The van der Waals surface area contributed by atoms with Crippen molar-refractivity contribution in [2.24, 2.45) is 0 Å². The second-order valence-corrected chi connectivity index (χ2v) is 6.84. The van der Waals surface area contributed by atoms with Crippen molar-refractivity contribution in [1.29, 1.82) is 0 Å². The SMILES string of the molecule is COc1cc2cc(NC(=O)OC(C)(C)C)ccc2cc1I. The number of amides is 1. The Morgan fingerprint density at radius 1 is 1.14 bits per heavy atom. The van der Waals surface area contributed by atoms with E-state index in [1.807, 2.05) is 51.1 Å². The maximum atomic E-state index is 11.8. The Morgan fingerprint density at radius 2 is 1.86 bits per heavy atom. The molecule has 0 spiro atoms. The normalized spacial score (nSPS) is 11.3. The first-order valence-electron chi connectivity index (χ1n) is 6.56. The number of nitrogens with one attached hydrogen (secondary N) is 1. The summed E-state index contributed by atoms with van der Waals surface area (Å²) in [6, 6.07) is 9.72. The predicted molar refractivity (Wildman–Crippen MR) is 93.1 cm³/mol. The standard InChI is InChI=1S/C16H18INO3/c1-16(2,3)21-15(19)18-12-6-5-10-8-13(17)14(20-4)9-11(10)7-12/h5-9H,1-4H3,(H,18,19). The number of carbonyl (C=O) groups excluding carboxylic acids is 1. The number of carbonyl (C=O) groups is 1. The first-order valence-corrected chi connectivity index (χ1v) is 7.64. The Hall–Kier alpha value is -1.50. The van der Waals surface area contributed by atoms with Crippen molar-refractivity contribution in [3.05, 3.63) is 33.9 Å². The number of methoxy groups -OCH3 is 1. The number of anilines is 1. The van der Waals surface area contributed by atoms with Crippen molar-refractivity contribution in [2.45, 2.75) is 26.4 Å². The van der Waals surface area contributed by atoms with Crippen molar-refractivity contribution < 1.29 is 14.3 Å². The number of benzene rings is 2. The summed E-state index contributed by atoms with van der Waals surface area (Å²) in [5.74, 6) is 0.817. The van der Waals surface area contributed by atoms with E-state index in [1.165, 1.54) is 0 Å². The third kappa shape index (κ3) is 4.23. The number of halogens is 1. The maximum Gasteiger partial charge on any atom is 0.412 e. The van der Waals surface area contributed by atoms with Crippen LogP contribution in [0.3, 0.4) is 0 Å². The summed E-state index contributed by atoms with van der Waals surface area (Å²) in [5, 5.41) is 4.83. The lowest BCUT2D eigenvalue weighted by Crippen LogP contribution is -2.27. The number of hydrogen-bond acceptors (Lipinski definition) is 3. The average molecular weight is 399 g/mol. The molecule has 0 aliphatic heterocycles. The fourth-order valence-electron chi connectivity index (χ4n) is 1.90. The second kappa shape index (κ2) is 6.09. The Labute approximate surface area is 138 Å². The topological polar surface area (TPSA) is 47.6 Å². The van der Waals surface area contributed by atoms with E-state index >= 15 is 0 Å². The zero-order valence-corrected chi connectivity index (χ0v) is 14.6. The highest BCUT2D eigenvalue weighted by molar-refractivity contribution is 14.1. The van der Waals surface area contributed by atoms with Gasteiger partial charge in [0.2, 0.25) is 0 Å². The van der Waals surface area contributed by atoms with Crippen LogP contribution in [0.4, 0.5) is 10.5 Å². The van der Waals surface area contributed by atoms with Crippen molar-refractivity contribution in [2.75, 3.05) is 12.4 Å². The average Bonchev–Trinajstić information content (AvgIpc) is 2.36. The Bertz CT molecular complexity index is 677. The molecule has 1 N–H and O–H groups in total. The van der Waals surface area contributed by atoms with E-state index in [0.29, 0.717) is 5.69 Å². The third-order valence-electron chi connectivity index (χ3n) is 2.76. The molecular formula is C16H18INO3. The van der Waals surface area contributed by atoms with Crippen molar-refractivity contribution in [1.82, 2.24) is 0 Å². The van der Waals surface area contributed by atoms with Crippen LogP contribution in [0.15, 0.2) is 30.3 Å². The van der Waals surface area contributed by atoms with Crippen LogP contribution in [0.1, 0.15) is 20.8 Å². The molecule has 21 heavy (non-hydrogen) atoms. The Morgan fingerprint density at radius 3 is 2.48 bits per heavy atom. The van der Waals surface area contributed by atoms with Gasteiger partial charge in [-0.25, -0.2) is 4.79 Å². The molecule has 1 amide bonds. The summed E-state index contributed by atoms with van der Waals surface area (Å²) >= 11 is 2.24. The van der Waals surface area contributed by atoms with E-state index < -0.39 is 11.7 Å². The lowest BCUT2D eigenvalue weighted by atomic mass is 10.1. The Balaban J connectivity index is 2.26. The summed E-state index contributed by atoms with van der Waals surface area (Å²) in [6.07, 6.45) is -0.459. The zero-order chi connectivity index (χ0) is 15.6. The van der Waals surface area contributed by atoms with Crippen LogP contribution >= 0.6 is 22.6 Å². The predicted octanol–water partition coefficient (Wildman–Crippen LogP) is 4.80. The van der Waals surface area contributed by atoms with E-state index in [0.717, 1.165) is 20.1 Å². The van der Waals surface area contributed by atoms with Crippen LogP contribution in [0.2, 0.25) is 0 Å². The molecule has 112 valence electrons. The molecule has 0 saturated carbocycles. The molecule has 0 unspecified atom stereocenters. The molecule has 0 atom stereocenters. The van der Waals surface area contributed by atoms with E-state index in [1.54, 1.807) is 7.11 Å². The molecule has 5 heteroatoms. The van der Waals surface area contributed by atoms with Gasteiger partial charge in [-0.2, -0.15) is 0 Å². The molecule has 0 radical (unpaired) electrons. The largest absolute Gasteiger partial charge is 0.496 e. The number of ether oxygens (including phenoxy) is 2. The molecule has 0 aliphatic carbocycles. The number of hydrogen-bond donors (Lipinski definition) is 1. The quantitative estimate of drug-likeness (QED) is 0.739. The van der Waals surface area contributed by atoms with Crippen molar-refractivity contribution in [3.63, 3.8) is 0 Å². The first-order chi connectivity index (χ1) is 9.78. The van der Waals surface area contributed by atoms with Gasteiger partial charge in [0, 0.05) is 5.69 Å². The third-order valence-corrected chi connectivity index (χ3v) is 3.60. The summed E-state index contributed by atoms with van der Waals surface area (Å²) in [7, 11) is 1.64. The molecular weight excluding hydrogens is 381 g/mol. The summed E-state index contributed by atoms with van der Waals surface area (Å²) in [5.41, 5.74) is 0.181. The van der Waals surface area contributed by atoms with Crippen molar-refractivity contribution in [3.8, 4) is 5.75 Å². The second-order valence-electron chi connectivity index (χ2n) is 5.68. The summed E-state index contributed by atoms with van der Waals surface area (Å²) < 4.78 is 11.6. The summed E-state index contributed by atoms with van der Waals surface area (Å²) in [4.78, 5) is 11.8. The monoisotopic (exact) mass is 399 g/mol. The lowest BCUT2D eigenvalue weighted by molar-refractivity contribution is 0.0636. The molecule has 0 heterocycles. The molecule has 4 nitrogen and oxygen atoms in total. The fourth-order valence-corrected chi connectivity index (χ4v) is 2.62. The van der Waals surface area contributed by atoms with E-state index in [4.69, 9.17) is 9.47 Å². The van der Waals surface area contributed by atoms with Gasteiger partial charge in [-0.15, -0.1) is 0 Å². The van der Waals surface area contributed by atoms with Gasteiger partial charge in [0.1, 0.15) is 11.4 Å². The minimum Gasteiger partial charge on any atom is -0.496 e. The van der Waals surface area contributed by atoms with Gasteiger partial charge in [-0.3, -0.25) is 5.32 Å². The Kier molecular flexibility index (Phi) is 4.61. The highest BCUT2D eigenvalue weighted by Crippen LogP contribution is 2.29. The molecule has 0 aromatic heterocycles. The van der Waals surface area contributed by atoms with Gasteiger partial charge in [0.05, 0.1) is 10.7 Å². The molecule has 2 aromatic rings. The number of fused-ring (bicyclic) bond motifs is 1. The van der Waals surface area contributed by atoms with Crippen molar-refractivity contribution >= 4 is 45.1 Å². The van der Waals surface area contributed by atoms with Gasteiger partial charge < -0.3 is 9.47 Å². The van der Waals surface area contributed by atoms with Crippen LogP contribution in [0.25, 0.3) is 10.8 Å². The molecule has 2 rings (SSSR count). The lowest BCUT2D eigenvalue weighted by Gasteiger charge is -2.19. The zero-order valence-electron chi connectivity index (χ0n) is 12.5. The van der Waals surface area contributed by atoms with Crippen LogP contribution in [0, 0.1) is 3.57 Å². The molecule has 2 aromatic carbocycles. The molecule has 0 bridgehead atoms. The van der Waals surface area contributed by atoms with Gasteiger partial charge in [-0.1, -0.05) is 6.07 Å². The first kappa shape index (κ1) is 15.9. The van der Waals surface area contributed by atoms with Gasteiger partial charge in [0.15, 0.2) is 0 Å². The highest BCUT2D eigenvalue weighted by Gasteiger charge is 2.16. The van der Waals surface area contributed by atoms with Gasteiger partial charge >= 0.3 is 6.09 Å². The van der Waals surface area contributed by atoms with Gasteiger partial charge in [-0.05, 0) is 78.4 Å². The highest BCUT2D eigenvalue weighted by atomic mass is 127. The summed E-state index contributed by atoms with van der Waals surface area (Å²) in [6.45, 7) is 5.50. The fraction of sp³-hybridized carbons (Fsp3) is 0.312. The number of rotatable bonds is 2.